The van der Waals surface area contributed by atoms with E-state index in [2.05, 4.69) is 12.1 Å². The van der Waals surface area contributed by atoms with E-state index in [0.717, 1.165) is 0 Å². The molecule has 0 aliphatic heterocycles. The quantitative estimate of drug-likeness (QED) is 0.683. The second-order valence-corrected chi connectivity index (χ2v) is 4.14. The molecule has 0 aliphatic carbocycles. The third-order valence-electron chi connectivity index (χ3n) is 1.76. The van der Waals surface area contributed by atoms with E-state index in [1.54, 1.807) is 24.3 Å². The summed E-state index contributed by atoms with van der Waals surface area (Å²) in [4.78, 5) is 1.38. The van der Waals surface area contributed by atoms with Crippen molar-refractivity contribution in [2.75, 3.05) is 0 Å². The topological polar surface area (TPSA) is 23.1 Å². The van der Waals surface area contributed by atoms with Gasteiger partial charge in [-0.3, -0.25) is 0 Å². The highest BCUT2D eigenvalue weighted by Gasteiger charge is 2.13. The summed E-state index contributed by atoms with van der Waals surface area (Å²) in [7, 11) is 0. The Morgan fingerprint density at radius 3 is 1.71 bits per heavy atom. The minimum Gasteiger partial charge on any atom is -0.606 e. The average molecular weight is 200 g/mol. The van der Waals surface area contributed by atoms with Gasteiger partial charge >= 0.3 is 0 Å². The van der Waals surface area contributed by atoms with Crippen LogP contribution in [0.4, 0.5) is 0 Å². The van der Waals surface area contributed by atoms with Gasteiger partial charge in [0.15, 0.2) is 9.79 Å². The first-order valence-corrected chi connectivity index (χ1v) is 5.38. The number of rotatable bonds is 2. The number of hydrogen-bond acceptors (Lipinski definition) is 1. The van der Waals surface area contributed by atoms with Gasteiger partial charge in [0, 0.05) is 23.3 Å². The van der Waals surface area contributed by atoms with Crippen LogP contribution in [-0.4, -0.2) is 4.55 Å². The van der Waals surface area contributed by atoms with Gasteiger partial charge in [0.05, 0.1) is 0 Å². The molecule has 0 heterocycles. The fourth-order valence-electron chi connectivity index (χ4n) is 1.10. The third kappa shape index (κ3) is 1.97. The lowest BCUT2D eigenvalue weighted by Crippen LogP contribution is -2.01. The van der Waals surface area contributed by atoms with Crippen molar-refractivity contribution >= 4 is 11.2 Å². The van der Waals surface area contributed by atoms with Crippen molar-refractivity contribution in [3.8, 4) is 0 Å². The van der Waals surface area contributed by atoms with Crippen molar-refractivity contribution in [2.24, 2.45) is 0 Å². The first kappa shape index (κ1) is 9.31. The molecule has 2 radical (unpaired) electrons. The van der Waals surface area contributed by atoms with Gasteiger partial charge in [-0.15, -0.1) is 0 Å². The van der Waals surface area contributed by atoms with Crippen LogP contribution in [0, 0.1) is 12.1 Å². The van der Waals surface area contributed by atoms with Gasteiger partial charge in [-0.2, -0.15) is 0 Å². The van der Waals surface area contributed by atoms with Crippen molar-refractivity contribution in [3.63, 3.8) is 0 Å². The minimum absolute atomic E-state index is 0.690. The Bertz CT molecular complexity index is 346. The molecule has 14 heavy (non-hydrogen) atoms. The summed E-state index contributed by atoms with van der Waals surface area (Å²) in [6.45, 7) is 0. The largest absolute Gasteiger partial charge is 0.606 e. The lowest BCUT2D eigenvalue weighted by molar-refractivity contribution is 0.595. The van der Waals surface area contributed by atoms with Crippen molar-refractivity contribution < 1.29 is 4.55 Å². The summed E-state index contributed by atoms with van der Waals surface area (Å²) in [6.07, 6.45) is 0. The summed E-state index contributed by atoms with van der Waals surface area (Å²) in [5, 5.41) is 0. The van der Waals surface area contributed by atoms with E-state index >= 15 is 0 Å². The average Bonchev–Trinajstić information content (AvgIpc) is 2.30. The van der Waals surface area contributed by atoms with Crippen LogP contribution in [0.1, 0.15) is 0 Å². The second-order valence-electron chi connectivity index (χ2n) is 2.72. The number of hydrogen-bond donors (Lipinski definition) is 0. The fraction of sp³-hybridized carbons (Fsp3) is 0. The highest BCUT2D eigenvalue weighted by Crippen LogP contribution is 2.18. The van der Waals surface area contributed by atoms with Crippen molar-refractivity contribution in [2.45, 2.75) is 9.79 Å². The molecule has 0 atom stereocenters. The smallest absolute Gasteiger partial charge is 0.166 e. The minimum atomic E-state index is -1.16. The van der Waals surface area contributed by atoms with Crippen LogP contribution in [0.15, 0.2) is 58.3 Å². The lowest BCUT2D eigenvalue weighted by atomic mass is 10.4. The zero-order valence-electron chi connectivity index (χ0n) is 7.44. The molecule has 2 heteroatoms. The van der Waals surface area contributed by atoms with Gasteiger partial charge in [0.25, 0.3) is 0 Å². The van der Waals surface area contributed by atoms with Gasteiger partial charge < -0.3 is 4.55 Å². The lowest BCUT2D eigenvalue weighted by Gasteiger charge is -2.07. The van der Waals surface area contributed by atoms with Crippen LogP contribution in [0.25, 0.3) is 0 Å². The SMILES string of the molecule is [O-][S+](c1[c]cccc1)c1[c]cccc1. The van der Waals surface area contributed by atoms with Gasteiger partial charge in [-0.25, -0.2) is 0 Å². The molecular weight excluding hydrogens is 192 g/mol. The molecule has 2 aromatic rings. The Balaban J connectivity index is 2.30. The maximum absolute atomic E-state index is 11.9. The Labute approximate surface area is 86.6 Å². The third-order valence-corrected chi connectivity index (χ3v) is 3.07. The van der Waals surface area contributed by atoms with E-state index in [0.29, 0.717) is 9.79 Å². The van der Waals surface area contributed by atoms with Crippen molar-refractivity contribution in [1.29, 1.82) is 0 Å². The van der Waals surface area contributed by atoms with Crippen molar-refractivity contribution in [1.82, 2.24) is 0 Å². The van der Waals surface area contributed by atoms with E-state index in [1.807, 2.05) is 24.3 Å². The zero-order valence-corrected chi connectivity index (χ0v) is 8.25. The monoisotopic (exact) mass is 200 g/mol. The molecule has 2 rings (SSSR count). The summed E-state index contributed by atoms with van der Waals surface area (Å²) in [5.41, 5.74) is 0. The molecule has 0 saturated heterocycles. The van der Waals surface area contributed by atoms with E-state index in [4.69, 9.17) is 0 Å². The molecule has 0 amide bonds. The summed E-state index contributed by atoms with van der Waals surface area (Å²) < 4.78 is 11.9. The maximum atomic E-state index is 11.9. The molecule has 1 nitrogen and oxygen atoms in total. The van der Waals surface area contributed by atoms with Crippen molar-refractivity contribution in [3.05, 3.63) is 60.7 Å². The standard InChI is InChI=1S/C12H8OS/c13-14(11-7-3-1-4-8-11)12-9-5-2-6-10-12/h1-7,9H. The Hall–Kier alpha value is -1.25. The highest BCUT2D eigenvalue weighted by molar-refractivity contribution is 7.91. The summed E-state index contributed by atoms with van der Waals surface area (Å²) >= 11 is -1.16. The van der Waals surface area contributed by atoms with Gasteiger partial charge in [-0.05, 0) is 24.3 Å². The van der Waals surface area contributed by atoms with E-state index in [9.17, 15) is 4.55 Å². The zero-order chi connectivity index (χ0) is 9.80. The first-order chi connectivity index (χ1) is 6.88. The molecule has 0 bridgehead atoms. The Morgan fingerprint density at radius 2 is 1.36 bits per heavy atom. The van der Waals surface area contributed by atoms with Crippen LogP contribution in [0.3, 0.4) is 0 Å². The van der Waals surface area contributed by atoms with Gasteiger partial charge in [0.2, 0.25) is 0 Å². The highest BCUT2D eigenvalue weighted by atomic mass is 32.2. The molecule has 0 spiro atoms. The maximum Gasteiger partial charge on any atom is 0.166 e. The molecule has 0 aromatic heterocycles. The molecule has 0 saturated carbocycles. The molecule has 0 aliphatic rings. The molecule has 0 N–H and O–H groups in total. The van der Waals surface area contributed by atoms with Crippen LogP contribution in [0.2, 0.25) is 0 Å². The van der Waals surface area contributed by atoms with Crippen LogP contribution in [0.5, 0.6) is 0 Å². The second kappa shape index (κ2) is 4.31. The Morgan fingerprint density at radius 1 is 0.857 bits per heavy atom. The predicted molar refractivity (Wildman–Crippen MR) is 55.2 cm³/mol. The summed E-state index contributed by atoms with van der Waals surface area (Å²) in [6, 6.07) is 20.4. The fourth-order valence-corrected chi connectivity index (χ4v) is 2.09. The van der Waals surface area contributed by atoms with E-state index < -0.39 is 11.2 Å². The molecule has 0 fully saturated rings. The first-order valence-electron chi connectivity index (χ1n) is 4.23. The normalized spacial score (nSPS) is 10.4. The molecular formula is C12H8OS. The van der Waals surface area contributed by atoms with E-state index in [-0.39, 0.29) is 0 Å². The van der Waals surface area contributed by atoms with Gasteiger partial charge in [0.1, 0.15) is 0 Å². The van der Waals surface area contributed by atoms with Crippen LogP contribution < -0.4 is 0 Å². The molecule has 0 unspecified atom stereocenters. The summed E-state index contributed by atoms with van der Waals surface area (Å²) in [5.74, 6) is 0. The predicted octanol–water partition coefficient (Wildman–Crippen LogP) is 2.45. The molecule has 68 valence electrons. The van der Waals surface area contributed by atoms with Gasteiger partial charge in [-0.1, -0.05) is 24.3 Å². The van der Waals surface area contributed by atoms with E-state index in [1.165, 1.54) is 0 Å². The van der Waals surface area contributed by atoms with Crippen LogP contribution in [-0.2, 0) is 11.2 Å². The number of benzene rings is 2. The molecule has 2 aromatic carbocycles. The Kier molecular flexibility index (Phi) is 2.87. The van der Waals surface area contributed by atoms with Crippen LogP contribution >= 0.6 is 0 Å².